The number of hydrogen-bond donors (Lipinski definition) is 0. The summed E-state index contributed by atoms with van der Waals surface area (Å²) < 4.78 is 5.52. The van der Waals surface area contributed by atoms with Crippen molar-refractivity contribution in [2.45, 2.75) is 27.2 Å². The van der Waals surface area contributed by atoms with E-state index in [-0.39, 0.29) is 0 Å². The molecule has 1 heterocycles. The van der Waals surface area contributed by atoms with Gasteiger partial charge in [0.2, 0.25) is 0 Å². The van der Waals surface area contributed by atoms with Gasteiger partial charge in [-0.1, -0.05) is 39.0 Å². The summed E-state index contributed by atoms with van der Waals surface area (Å²) in [6.45, 7) is 6.09. The zero-order chi connectivity index (χ0) is 11.7. The zero-order valence-corrected chi connectivity index (χ0v) is 9.66. The van der Waals surface area contributed by atoms with Crippen molar-refractivity contribution in [3.63, 3.8) is 0 Å². The largest absolute Gasteiger partial charge is 0.461 e. The maximum atomic E-state index is 5.52. The topological polar surface area (TPSA) is 13.1 Å². The van der Waals surface area contributed by atoms with E-state index in [0.717, 1.165) is 17.8 Å². The van der Waals surface area contributed by atoms with Crippen LogP contribution in [0.4, 0.5) is 0 Å². The first-order valence-corrected chi connectivity index (χ1v) is 5.21. The lowest BCUT2D eigenvalue weighted by Gasteiger charge is -1.83. The fourth-order valence-corrected chi connectivity index (χ4v) is 1.21. The molecule has 2 aromatic rings. The van der Waals surface area contributed by atoms with Crippen molar-refractivity contribution in [2.24, 2.45) is 0 Å². The van der Waals surface area contributed by atoms with E-state index in [0.29, 0.717) is 0 Å². The number of fused-ring (bicyclic) bond motifs is 1. The lowest BCUT2D eigenvalue weighted by atomic mass is 10.2. The predicted molar refractivity (Wildman–Crippen MR) is 66.8 cm³/mol. The van der Waals surface area contributed by atoms with E-state index in [9.17, 15) is 0 Å². The monoisotopic (exact) mass is 202 g/mol. The molecular formula is C14H18O. The third kappa shape index (κ3) is 3.52. The number of rotatable bonds is 1. The maximum absolute atomic E-state index is 5.52. The van der Waals surface area contributed by atoms with Gasteiger partial charge in [-0.3, -0.25) is 0 Å². The number of furan rings is 1. The highest BCUT2D eigenvalue weighted by atomic mass is 16.3. The molecule has 0 atom stereocenters. The van der Waals surface area contributed by atoms with Gasteiger partial charge in [0.25, 0.3) is 0 Å². The van der Waals surface area contributed by atoms with Crippen LogP contribution in [0, 0.1) is 12.8 Å². The molecule has 0 unspecified atom stereocenters. The summed E-state index contributed by atoms with van der Waals surface area (Å²) in [7, 11) is 0. The lowest BCUT2D eigenvalue weighted by molar-refractivity contribution is 0.557. The first-order chi connectivity index (χ1) is 7.40. The molecule has 1 nitrogen and oxygen atoms in total. The van der Waals surface area contributed by atoms with Crippen LogP contribution in [-0.4, -0.2) is 0 Å². The molecule has 1 heteroatoms. The van der Waals surface area contributed by atoms with Gasteiger partial charge in [-0.05, 0) is 12.1 Å². The smallest absolute Gasteiger partial charge is 0.134 e. The van der Waals surface area contributed by atoms with Crippen LogP contribution in [0.15, 0.2) is 34.7 Å². The quantitative estimate of drug-likeness (QED) is 0.629. The summed E-state index contributed by atoms with van der Waals surface area (Å²) >= 11 is 0. The SMILES string of the molecule is C#C.CC.CCc1cc2ccccc2o1. The van der Waals surface area contributed by atoms with Crippen molar-refractivity contribution in [3.05, 3.63) is 36.1 Å². The van der Waals surface area contributed by atoms with Gasteiger partial charge in [-0.25, -0.2) is 0 Å². The summed E-state index contributed by atoms with van der Waals surface area (Å²) in [4.78, 5) is 0. The Morgan fingerprint density at radius 1 is 1.13 bits per heavy atom. The third-order valence-corrected chi connectivity index (χ3v) is 1.83. The minimum Gasteiger partial charge on any atom is -0.461 e. The lowest BCUT2D eigenvalue weighted by Crippen LogP contribution is -1.67. The van der Waals surface area contributed by atoms with Crippen LogP contribution in [0.3, 0.4) is 0 Å². The number of hydrogen-bond acceptors (Lipinski definition) is 1. The highest BCUT2D eigenvalue weighted by molar-refractivity contribution is 5.77. The van der Waals surface area contributed by atoms with Gasteiger partial charge in [-0.2, -0.15) is 0 Å². The van der Waals surface area contributed by atoms with Gasteiger partial charge in [-0.15, -0.1) is 12.8 Å². The van der Waals surface area contributed by atoms with Gasteiger partial charge in [0.15, 0.2) is 0 Å². The van der Waals surface area contributed by atoms with Crippen molar-refractivity contribution >= 4 is 11.0 Å². The van der Waals surface area contributed by atoms with Gasteiger partial charge >= 0.3 is 0 Å². The zero-order valence-electron chi connectivity index (χ0n) is 9.66. The Morgan fingerprint density at radius 3 is 2.27 bits per heavy atom. The second-order valence-electron chi connectivity index (χ2n) is 2.60. The highest BCUT2D eigenvalue weighted by Gasteiger charge is 1.98. The molecule has 0 fully saturated rings. The van der Waals surface area contributed by atoms with E-state index in [1.54, 1.807) is 0 Å². The molecule has 1 aromatic carbocycles. The van der Waals surface area contributed by atoms with Crippen LogP contribution in [-0.2, 0) is 6.42 Å². The Kier molecular flexibility index (Phi) is 6.84. The Hall–Kier alpha value is -1.68. The fourth-order valence-electron chi connectivity index (χ4n) is 1.21. The number of terminal acetylenes is 1. The van der Waals surface area contributed by atoms with Crippen LogP contribution < -0.4 is 0 Å². The normalized spacial score (nSPS) is 8.33. The second kappa shape index (κ2) is 7.70. The van der Waals surface area contributed by atoms with Crippen LogP contribution in [0.1, 0.15) is 26.5 Å². The molecule has 0 amide bonds. The summed E-state index contributed by atoms with van der Waals surface area (Å²) in [5.74, 6) is 1.06. The standard InChI is InChI=1S/C10H10O.C2H6.C2H2/c1-2-9-7-8-5-3-4-6-10(8)11-9;2*1-2/h3-7H,2H2,1H3;1-2H3;1-2H. The average molecular weight is 202 g/mol. The first kappa shape index (κ1) is 13.3. The van der Waals surface area contributed by atoms with Crippen LogP contribution >= 0.6 is 0 Å². The van der Waals surface area contributed by atoms with Gasteiger partial charge < -0.3 is 4.42 Å². The minimum atomic E-state index is 0.967. The first-order valence-electron chi connectivity index (χ1n) is 5.21. The molecule has 0 aliphatic heterocycles. The second-order valence-corrected chi connectivity index (χ2v) is 2.60. The van der Waals surface area contributed by atoms with E-state index in [1.165, 1.54) is 5.39 Å². The molecule has 0 saturated heterocycles. The molecule has 0 spiro atoms. The molecule has 2 rings (SSSR count). The van der Waals surface area contributed by atoms with Crippen LogP contribution in [0.5, 0.6) is 0 Å². The summed E-state index contributed by atoms with van der Waals surface area (Å²) in [6, 6.07) is 10.2. The van der Waals surface area contributed by atoms with E-state index in [1.807, 2.05) is 32.0 Å². The van der Waals surface area contributed by atoms with E-state index in [2.05, 4.69) is 31.9 Å². The Balaban J connectivity index is 0.000000442. The Labute approximate surface area is 92.1 Å². The van der Waals surface area contributed by atoms with Gasteiger partial charge in [0, 0.05) is 11.8 Å². The summed E-state index contributed by atoms with van der Waals surface area (Å²) in [5.41, 5.74) is 0.990. The summed E-state index contributed by atoms with van der Waals surface area (Å²) in [6.07, 6.45) is 8.97. The number of benzene rings is 1. The molecule has 15 heavy (non-hydrogen) atoms. The molecule has 0 aliphatic rings. The van der Waals surface area contributed by atoms with Crippen molar-refractivity contribution < 1.29 is 4.42 Å². The molecule has 1 aromatic heterocycles. The molecule has 0 aliphatic carbocycles. The van der Waals surface area contributed by atoms with Gasteiger partial charge in [0.05, 0.1) is 0 Å². The number of para-hydroxylation sites is 1. The van der Waals surface area contributed by atoms with E-state index < -0.39 is 0 Å². The molecule has 0 radical (unpaired) electrons. The van der Waals surface area contributed by atoms with Crippen molar-refractivity contribution in [1.82, 2.24) is 0 Å². The minimum absolute atomic E-state index is 0.967. The highest BCUT2D eigenvalue weighted by Crippen LogP contribution is 2.18. The Morgan fingerprint density at radius 2 is 1.73 bits per heavy atom. The van der Waals surface area contributed by atoms with Crippen LogP contribution in [0.2, 0.25) is 0 Å². The molecule has 0 bridgehead atoms. The molecule has 0 N–H and O–H groups in total. The Bertz CT molecular complexity index is 363. The average Bonchev–Trinajstić information content (AvgIpc) is 2.77. The summed E-state index contributed by atoms with van der Waals surface area (Å²) in [5, 5.41) is 1.20. The maximum Gasteiger partial charge on any atom is 0.134 e. The molecular weight excluding hydrogens is 184 g/mol. The predicted octanol–water partition coefficient (Wildman–Crippen LogP) is 4.27. The van der Waals surface area contributed by atoms with E-state index in [4.69, 9.17) is 4.42 Å². The number of aryl methyl sites for hydroxylation is 1. The van der Waals surface area contributed by atoms with Crippen molar-refractivity contribution in [1.29, 1.82) is 0 Å². The van der Waals surface area contributed by atoms with Gasteiger partial charge in [0.1, 0.15) is 11.3 Å². The van der Waals surface area contributed by atoms with E-state index >= 15 is 0 Å². The van der Waals surface area contributed by atoms with Crippen molar-refractivity contribution in [2.75, 3.05) is 0 Å². The third-order valence-electron chi connectivity index (χ3n) is 1.83. The van der Waals surface area contributed by atoms with Crippen LogP contribution in [0.25, 0.3) is 11.0 Å². The fraction of sp³-hybridized carbons (Fsp3) is 0.286. The van der Waals surface area contributed by atoms with Crippen molar-refractivity contribution in [3.8, 4) is 12.8 Å². The molecule has 0 saturated carbocycles. The molecule has 80 valence electrons.